The Morgan fingerprint density at radius 2 is 1.66 bits per heavy atom. The second-order valence-corrected chi connectivity index (χ2v) is 8.24. The first-order chi connectivity index (χ1) is 15.5. The Morgan fingerprint density at radius 3 is 2.41 bits per heavy atom. The molecule has 4 nitrogen and oxygen atoms in total. The third-order valence-corrected chi connectivity index (χ3v) is 5.72. The van der Waals surface area contributed by atoms with E-state index in [1.807, 2.05) is 18.2 Å². The van der Waals surface area contributed by atoms with Crippen molar-refractivity contribution in [2.24, 2.45) is 0 Å². The fourth-order valence-electron chi connectivity index (χ4n) is 3.88. The van der Waals surface area contributed by atoms with E-state index in [2.05, 4.69) is 12.1 Å². The number of rotatable bonds is 8. The van der Waals surface area contributed by atoms with Gasteiger partial charge in [-0.05, 0) is 54.7 Å². The Balaban J connectivity index is 1.44. The number of aromatic nitrogens is 1. The molecule has 0 bridgehead atoms. The summed E-state index contributed by atoms with van der Waals surface area (Å²) in [4.78, 5) is 25.3. The Kier molecular flexibility index (Phi) is 6.86. The van der Waals surface area contributed by atoms with Crippen LogP contribution in [0.5, 0.6) is 0 Å². The molecule has 0 amide bonds. The molecule has 0 radical (unpaired) electrons. The topological polar surface area (TPSA) is 52.2 Å². The van der Waals surface area contributed by atoms with Crippen LogP contribution in [-0.2, 0) is 6.42 Å². The first kappa shape index (κ1) is 22.0. The van der Waals surface area contributed by atoms with E-state index < -0.39 is 5.76 Å². The second kappa shape index (κ2) is 9.96. The number of hydrogen-bond acceptors (Lipinski definition) is 3. The summed E-state index contributed by atoms with van der Waals surface area (Å²) >= 11 is 6.26. The molecule has 0 aliphatic rings. The highest BCUT2D eigenvalue weighted by atomic mass is 35.5. The number of carbonyl (C=O) groups is 1. The van der Waals surface area contributed by atoms with Crippen LogP contribution >= 0.6 is 11.6 Å². The van der Waals surface area contributed by atoms with Crippen LogP contribution in [0.1, 0.15) is 42.5 Å². The van der Waals surface area contributed by atoms with Gasteiger partial charge in [-0.2, -0.15) is 0 Å². The van der Waals surface area contributed by atoms with Crippen LogP contribution in [0.25, 0.3) is 22.2 Å². The molecule has 0 saturated carbocycles. The molecular formula is C26H23ClFNO3. The number of unbranched alkanes of at least 4 members (excludes halogenated alkanes) is 3. The first-order valence-corrected chi connectivity index (χ1v) is 11.1. The van der Waals surface area contributed by atoms with Gasteiger partial charge in [0.1, 0.15) is 11.3 Å². The highest BCUT2D eigenvalue weighted by Crippen LogP contribution is 2.32. The van der Waals surface area contributed by atoms with Crippen molar-refractivity contribution < 1.29 is 13.6 Å². The number of halogens is 2. The average molecular weight is 452 g/mol. The minimum Gasteiger partial charge on any atom is -0.407 e. The van der Waals surface area contributed by atoms with Crippen LogP contribution in [0.4, 0.5) is 4.39 Å². The average Bonchev–Trinajstić information content (AvgIpc) is 3.12. The van der Waals surface area contributed by atoms with Crippen LogP contribution in [0.2, 0.25) is 5.02 Å². The molecule has 4 aromatic rings. The molecule has 0 saturated heterocycles. The van der Waals surface area contributed by atoms with Crippen LogP contribution in [0, 0.1) is 5.82 Å². The van der Waals surface area contributed by atoms with Crippen LogP contribution in [-0.4, -0.2) is 10.5 Å². The van der Waals surface area contributed by atoms with Gasteiger partial charge in [0.2, 0.25) is 5.91 Å². The van der Waals surface area contributed by atoms with E-state index in [9.17, 15) is 14.0 Å². The summed E-state index contributed by atoms with van der Waals surface area (Å²) in [5.41, 5.74) is 3.09. The summed E-state index contributed by atoms with van der Waals surface area (Å²) < 4.78 is 19.8. The first-order valence-electron chi connectivity index (χ1n) is 10.7. The Labute approximate surface area is 190 Å². The van der Waals surface area contributed by atoms with Gasteiger partial charge in [0, 0.05) is 17.0 Å². The lowest BCUT2D eigenvalue weighted by Crippen LogP contribution is -2.22. The molecule has 0 aliphatic carbocycles. The van der Waals surface area contributed by atoms with Crippen molar-refractivity contribution in [3.05, 3.63) is 93.7 Å². The fourth-order valence-corrected chi connectivity index (χ4v) is 4.09. The SMILES string of the molecule is O=C(CCCCCCc1ccccc1)n1c(=O)oc2c(-c3ccc(F)cc3)cc(Cl)cc21. The molecule has 32 heavy (non-hydrogen) atoms. The van der Waals surface area contributed by atoms with Gasteiger partial charge in [-0.1, -0.05) is 66.9 Å². The van der Waals surface area contributed by atoms with Crippen LogP contribution in [0.3, 0.4) is 0 Å². The van der Waals surface area contributed by atoms with E-state index in [-0.39, 0.29) is 23.7 Å². The summed E-state index contributed by atoms with van der Waals surface area (Å²) in [6.07, 6.45) is 4.94. The number of benzene rings is 3. The Bertz CT molecular complexity index is 1280. The molecule has 1 aromatic heterocycles. The van der Waals surface area contributed by atoms with Crippen LogP contribution in [0.15, 0.2) is 75.9 Å². The van der Waals surface area contributed by atoms with Gasteiger partial charge in [0.25, 0.3) is 0 Å². The molecule has 0 fully saturated rings. The number of carbonyl (C=O) groups excluding carboxylic acids is 1. The van der Waals surface area contributed by atoms with Gasteiger partial charge in [-0.15, -0.1) is 0 Å². The number of oxazole rings is 1. The van der Waals surface area contributed by atoms with E-state index in [4.69, 9.17) is 16.0 Å². The van der Waals surface area contributed by atoms with Gasteiger partial charge in [0.15, 0.2) is 5.58 Å². The minimum absolute atomic E-state index is 0.248. The van der Waals surface area contributed by atoms with Crippen molar-refractivity contribution in [2.75, 3.05) is 0 Å². The Morgan fingerprint density at radius 1 is 0.938 bits per heavy atom. The van der Waals surface area contributed by atoms with Gasteiger partial charge in [0.05, 0.1) is 0 Å². The molecule has 1 heterocycles. The van der Waals surface area contributed by atoms with Gasteiger partial charge in [-0.25, -0.2) is 13.8 Å². The highest BCUT2D eigenvalue weighted by molar-refractivity contribution is 6.31. The van der Waals surface area contributed by atoms with Crippen LogP contribution < -0.4 is 5.76 Å². The van der Waals surface area contributed by atoms with Gasteiger partial charge < -0.3 is 4.42 Å². The summed E-state index contributed by atoms with van der Waals surface area (Å²) in [6, 6.07) is 19.3. The predicted molar refractivity (Wildman–Crippen MR) is 125 cm³/mol. The molecule has 3 aromatic carbocycles. The molecule has 164 valence electrons. The smallest absolute Gasteiger partial charge is 0.407 e. The molecule has 0 N–H and O–H groups in total. The van der Waals surface area contributed by atoms with E-state index in [0.29, 0.717) is 28.1 Å². The van der Waals surface area contributed by atoms with Gasteiger partial charge in [-0.3, -0.25) is 4.79 Å². The second-order valence-electron chi connectivity index (χ2n) is 7.81. The van der Waals surface area contributed by atoms with E-state index in [1.165, 1.54) is 17.7 Å². The lowest BCUT2D eigenvalue weighted by molar-refractivity contribution is 0.0895. The molecule has 0 atom stereocenters. The normalized spacial score (nSPS) is 11.2. The predicted octanol–water partition coefficient (Wildman–Crippen LogP) is 6.89. The van der Waals surface area contributed by atoms with Crippen molar-refractivity contribution in [3.8, 4) is 11.1 Å². The van der Waals surface area contributed by atoms with E-state index in [1.54, 1.807) is 24.3 Å². The van der Waals surface area contributed by atoms with Crippen molar-refractivity contribution in [1.82, 2.24) is 4.57 Å². The third kappa shape index (κ3) is 5.00. The fraction of sp³-hybridized carbons (Fsp3) is 0.231. The van der Waals surface area contributed by atoms with Crippen molar-refractivity contribution in [2.45, 2.75) is 38.5 Å². The van der Waals surface area contributed by atoms with E-state index in [0.717, 1.165) is 30.3 Å². The molecule has 0 spiro atoms. The van der Waals surface area contributed by atoms with Crippen molar-refractivity contribution in [3.63, 3.8) is 0 Å². The number of nitrogens with zero attached hydrogens (tertiary/aromatic N) is 1. The maximum atomic E-state index is 13.3. The molecule has 4 rings (SSSR count). The monoisotopic (exact) mass is 451 g/mol. The molecular weight excluding hydrogens is 429 g/mol. The van der Waals surface area contributed by atoms with Gasteiger partial charge >= 0.3 is 5.76 Å². The zero-order chi connectivity index (χ0) is 22.5. The summed E-state index contributed by atoms with van der Waals surface area (Å²) in [5.74, 6) is -1.42. The molecule has 6 heteroatoms. The summed E-state index contributed by atoms with van der Waals surface area (Å²) in [5, 5.41) is 0.361. The number of hydrogen-bond donors (Lipinski definition) is 0. The molecule has 0 unspecified atom stereocenters. The lowest BCUT2D eigenvalue weighted by Gasteiger charge is -2.06. The Hall–Kier alpha value is -3.18. The maximum Gasteiger partial charge on any atom is 0.426 e. The zero-order valence-corrected chi connectivity index (χ0v) is 18.3. The number of aryl methyl sites for hydroxylation is 1. The summed E-state index contributed by atoms with van der Waals surface area (Å²) in [6.45, 7) is 0. The lowest BCUT2D eigenvalue weighted by atomic mass is 10.0. The van der Waals surface area contributed by atoms with Crippen molar-refractivity contribution >= 4 is 28.6 Å². The highest BCUT2D eigenvalue weighted by Gasteiger charge is 2.20. The quantitative estimate of drug-likeness (QED) is 0.274. The van der Waals surface area contributed by atoms with Crippen molar-refractivity contribution in [1.29, 1.82) is 0 Å². The maximum absolute atomic E-state index is 13.3. The standard InChI is InChI=1S/C26H23ClFNO3/c27-20-16-22(19-12-14-21(28)15-13-19)25-23(17-20)29(26(31)32-25)24(30)11-7-2-1-4-8-18-9-5-3-6-10-18/h3,5-6,9-10,12-17H,1-2,4,7-8,11H2. The van der Waals surface area contributed by atoms with E-state index >= 15 is 0 Å². The number of fused-ring (bicyclic) bond motifs is 1. The zero-order valence-electron chi connectivity index (χ0n) is 17.5. The molecule has 0 aliphatic heterocycles. The third-order valence-electron chi connectivity index (χ3n) is 5.50. The minimum atomic E-state index is -0.736. The largest absolute Gasteiger partial charge is 0.426 e. The summed E-state index contributed by atoms with van der Waals surface area (Å²) in [7, 11) is 0.